The van der Waals surface area contributed by atoms with Crippen molar-refractivity contribution in [1.29, 1.82) is 0 Å². The average Bonchev–Trinajstić information content (AvgIpc) is 3.16. The van der Waals surface area contributed by atoms with Crippen LogP contribution in [0.3, 0.4) is 0 Å². The highest BCUT2D eigenvalue weighted by atomic mass is 79.9. The van der Waals surface area contributed by atoms with Gasteiger partial charge in [-0.2, -0.15) is 0 Å². The number of halogens is 3. The Hall–Kier alpha value is -2.81. The van der Waals surface area contributed by atoms with E-state index in [9.17, 15) is 14.3 Å². The van der Waals surface area contributed by atoms with Gasteiger partial charge in [-0.1, -0.05) is 47.7 Å². The molecule has 35 heavy (non-hydrogen) atoms. The maximum absolute atomic E-state index is 13.8. The zero-order chi connectivity index (χ0) is 24.3. The molecule has 0 saturated carbocycles. The molecule has 0 fully saturated rings. The van der Waals surface area contributed by atoms with Gasteiger partial charge >= 0.3 is 0 Å². The number of rotatable bonds is 2. The summed E-state index contributed by atoms with van der Waals surface area (Å²) in [4.78, 5) is 19.3. The molecule has 2 aliphatic rings. The van der Waals surface area contributed by atoms with E-state index < -0.39 is 0 Å². The number of thiazole rings is 1. The number of benzene rings is 3. The van der Waals surface area contributed by atoms with Crippen molar-refractivity contribution in [2.24, 2.45) is 4.99 Å². The quantitative estimate of drug-likeness (QED) is 0.317. The molecule has 2 heterocycles. The molecule has 174 valence electrons. The third-order valence-corrected chi connectivity index (χ3v) is 8.59. The van der Waals surface area contributed by atoms with Gasteiger partial charge in [0.05, 0.1) is 25.2 Å². The number of hydrogen-bond acceptors (Lipinski definition) is 4. The van der Waals surface area contributed by atoms with E-state index in [2.05, 4.69) is 44.0 Å². The Morgan fingerprint density at radius 2 is 1.77 bits per heavy atom. The average molecular weight is 612 g/mol. The molecule has 4 nitrogen and oxygen atoms in total. The first-order valence-corrected chi connectivity index (χ1v) is 13.4. The Labute approximate surface area is 220 Å². The molecular weight excluding hydrogens is 595 g/mol. The molecule has 1 aliphatic heterocycles. The number of fused-ring (bicyclic) bond motifs is 3. The van der Waals surface area contributed by atoms with E-state index in [4.69, 9.17) is 4.99 Å². The SMILES string of the molecule is O=c1/c(=C\c2cc(Br)c(O)c(Br)c2)sc2n1[C@H](c1ccc(F)cc1)C1=C(N=2)c2ccccc2CC1. The second kappa shape index (κ2) is 8.69. The molecule has 0 radical (unpaired) electrons. The van der Waals surface area contributed by atoms with Crippen LogP contribution in [0.15, 0.2) is 85.0 Å². The van der Waals surface area contributed by atoms with Gasteiger partial charge in [0.15, 0.2) is 4.80 Å². The Morgan fingerprint density at radius 3 is 2.51 bits per heavy atom. The van der Waals surface area contributed by atoms with E-state index in [1.807, 2.05) is 12.1 Å². The summed E-state index contributed by atoms with van der Waals surface area (Å²) >= 11 is 8.04. The summed E-state index contributed by atoms with van der Waals surface area (Å²) in [6, 6.07) is 17.8. The van der Waals surface area contributed by atoms with Gasteiger partial charge in [-0.15, -0.1) is 0 Å². The van der Waals surface area contributed by atoms with Crippen molar-refractivity contribution in [3.8, 4) is 5.75 Å². The van der Waals surface area contributed by atoms with Crippen molar-refractivity contribution in [2.45, 2.75) is 18.9 Å². The zero-order valence-electron chi connectivity index (χ0n) is 18.1. The van der Waals surface area contributed by atoms with Crippen molar-refractivity contribution >= 4 is 55.0 Å². The van der Waals surface area contributed by atoms with Gasteiger partial charge in [-0.05, 0) is 97.3 Å². The first-order valence-electron chi connectivity index (χ1n) is 11.0. The number of hydrogen-bond donors (Lipinski definition) is 1. The molecular formula is C27H17Br2FN2O2S. The Balaban J connectivity index is 1.62. The lowest BCUT2D eigenvalue weighted by Gasteiger charge is -2.30. The van der Waals surface area contributed by atoms with E-state index in [0.29, 0.717) is 18.3 Å². The summed E-state index contributed by atoms with van der Waals surface area (Å²) in [7, 11) is 0. The number of aryl methyl sites for hydroxylation is 1. The molecule has 8 heteroatoms. The van der Waals surface area contributed by atoms with Gasteiger partial charge in [0.25, 0.3) is 5.56 Å². The third kappa shape index (κ3) is 3.84. The summed E-state index contributed by atoms with van der Waals surface area (Å²) in [5.41, 5.74) is 5.79. The Kier molecular flexibility index (Phi) is 5.62. The molecule has 1 aromatic heterocycles. The van der Waals surface area contributed by atoms with Crippen LogP contribution in [0.4, 0.5) is 4.39 Å². The van der Waals surface area contributed by atoms with Crippen LogP contribution < -0.4 is 14.9 Å². The van der Waals surface area contributed by atoms with Crippen molar-refractivity contribution in [3.63, 3.8) is 0 Å². The topological polar surface area (TPSA) is 54.6 Å². The van der Waals surface area contributed by atoms with Crippen LogP contribution >= 0.6 is 43.2 Å². The highest BCUT2D eigenvalue weighted by Crippen LogP contribution is 2.41. The van der Waals surface area contributed by atoms with E-state index in [1.165, 1.54) is 29.0 Å². The normalized spacial score (nSPS) is 17.0. The fourth-order valence-electron chi connectivity index (χ4n) is 4.79. The largest absolute Gasteiger partial charge is 0.506 e. The van der Waals surface area contributed by atoms with Crippen LogP contribution in [0.2, 0.25) is 0 Å². The molecule has 0 saturated heterocycles. The minimum Gasteiger partial charge on any atom is -0.506 e. The lowest BCUT2D eigenvalue weighted by atomic mass is 9.83. The van der Waals surface area contributed by atoms with Crippen molar-refractivity contribution in [3.05, 3.63) is 123 Å². The number of allylic oxidation sites excluding steroid dienone is 1. The zero-order valence-corrected chi connectivity index (χ0v) is 22.1. The molecule has 0 bridgehead atoms. The molecule has 4 aromatic rings. The van der Waals surface area contributed by atoms with Crippen LogP contribution in [0.25, 0.3) is 11.8 Å². The highest BCUT2D eigenvalue weighted by Gasteiger charge is 2.32. The monoisotopic (exact) mass is 610 g/mol. The van der Waals surface area contributed by atoms with E-state index in [0.717, 1.165) is 40.8 Å². The predicted molar refractivity (Wildman–Crippen MR) is 143 cm³/mol. The van der Waals surface area contributed by atoms with Gasteiger partial charge in [-0.25, -0.2) is 9.38 Å². The summed E-state index contributed by atoms with van der Waals surface area (Å²) < 4.78 is 17.1. The fourth-order valence-corrected chi connectivity index (χ4v) is 7.01. The van der Waals surface area contributed by atoms with Crippen LogP contribution in [0.5, 0.6) is 5.75 Å². The first kappa shape index (κ1) is 22.6. The van der Waals surface area contributed by atoms with E-state index >= 15 is 0 Å². The maximum atomic E-state index is 13.8. The smallest absolute Gasteiger partial charge is 0.271 e. The van der Waals surface area contributed by atoms with Gasteiger partial charge in [0.2, 0.25) is 0 Å². The lowest BCUT2D eigenvalue weighted by molar-refractivity contribution is 0.468. The predicted octanol–water partition coefficient (Wildman–Crippen LogP) is 5.69. The molecule has 1 aliphatic carbocycles. The van der Waals surface area contributed by atoms with E-state index in [1.54, 1.807) is 34.9 Å². The number of aromatic hydroxyl groups is 1. The van der Waals surface area contributed by atoms with Crippen molar-refractivity contribution in [2.75, 3.05) is 0 Å². The van der Waals surface area contributed by atoms with Gasteiger partial charge in [0.1, 0.15) is 11.6 Å². The summed E-state index contributed by atoms with van der Waals surface area (Å²) in [5.74, 6) is -0.209. The fraction of sp³-hybridized carbons (Fsp3) is 0.111. The maximum Gasteiger partial charge on any atom is 0.271 e. The molecule has 0 unspecified atom stereocenters. The molecule has 1 atom stereocenters. The second-order valence-electron chi connectivity index (χ2n) is 8.50. The molecule has 1 N–H and O–H groups in total. The minimum absolute atomic E-state index is 0.103. The van der Waals surface area contributed by atoms with Crippen LogP contribution in [-0.4, -0.2) is 9.67 Å². The summed E-state index contributed by atoms with van der Waals surface area (Å²) in [6.45, 7) is 0. The van der Waals surface area contributed by atoms with Gasteiger partial charge in [0, 0.05) is 5.56 Å². The number of phenolic OH excluding ortho intramolecular Hbond substituents is 1. The van der Waals surface area contributed by atoms with Crippen LogP contribution in [-0.2, 0) is 6.42 Å². The minimum atomic E-state index is -0.351. The van der Waals surface area contributed by atoms with Crippen molar-refractivity contribution < 1.29 is 9.50 Å². The molecule has 3 aromatic carbocycles. The lowest BCUT2D eigenvalue weighted by Crippen LogP contribution is -2.38. The van der Waals surface area contributed by atoms with Crippen LogP contribution in [0.1, 0.15) is 34.7 Å². The number of aromatic nitrogens is 1. The summed E-state index contributed by atoms with van der Waals surface area (Å²) in [6.07, 6.45) is 3.44. The molecule has 6 rings (SSSR count). The van der Waals surface area contributed by atoms with Gasteiger partial charge < -0.3 is 5.11 Å². The van der Waals surface area contributed by atoms with Crippen molar-refractivity contribution in [1.82, 2.24) is 4.57 Å². The van der Waals surface area contributed by atoms with Gasteiger partial charge in [-0.3, -0.25) is 9.36 Å². The van der Waals surface area contributed by atoms with Crippen LogP contribution in [0, 0.1) is 5.82 Å². The highest BCUT2D eigenvalue weighted by molar-refractivity contribution is 9.11. The van der Waals surface area contributed by atoms with E-state index in [-0.39, 0.29) is 23.2 Å². The summed E-state index contributed by atoms with van der Waals surface area (Å²) in [5, 5.41) is 10.0. The molecule has 0 amide bonds. The first-order chi connectivity index (χ1) is 16.9. The number of phenols is 1. The third-order valence-electron chi connectivity index (χ3n) is 6.40. The number of nitrogens with zero attached hydrogens (tertiary/aromatic N) is 2. The second-order valence-corrected chi connectivity index (χ2v) is 11.2. The Morgan fingerprint density at radius 1 is 1.06 bits per heavy atom. The molecule has 0 spiro atoms. The Bertz CT molecular complexity index is 1700. The standard InChI is InChI=1S/C27H17Br2FN2O2S/c28-20-11-14(12-21(29)25(20)33)13-22-26(34)32-24(16-5-8-17(30)9-6-16)19-10-7-15-3-1-2-4-18(15)23(19)31-27(32)35-22/h1-6,8-9,11-13,24,33H,7,10H2/b22-13+/t24-/m1/s1.